The number of anilines is 1. The Bertz CT molecular complexity index is 467. The lowest BCUT2D eigenvalue weighted by atomic mass is 10.2. The van der Waals surface area contributed by atoms with Crippen molar-refractivity contribution in [2.75, 3.05) is 18.5 Å². The van der Waals surface area contributed by atoms with Crippen molar-refractivity contribution in [3.63, 3.8) is 0 Å². The Morgan fingerprint density at radius 1 is 1.00 bits per heavy atom. The molecule has 0 fully saturated rings. The van der Waals surface area contributed by atoms with Crippen LogP contribution < -0.4 is 15.4 Å². The van der Waals surface area contributed by atoms with Crippen molar-refractivity contribution in [1.82, 2.24) is 5.32 Å². The van der Waals surface area contributed by atoms with Gasteiger partial charge in [-0.15, -0.1) is 0 Å². The third-order valence-corrected chi connectivity index (χ3v) is 2.57. The Balaban J connectivity index is 2.47. The summed E-state index contributed by atoms with van der Waals surface area (Å²) in [7, 11) is 0. The van der Waals surface area contributed by atoms with Crippen LogP contribution in [0.15, 0.2) is 24.3 Å². The van der Waals surface area contributed by atoms with Crippen LogP contribution in [0.3, 0.4) is 0 Å². The molecule has 5 nitrogen and oxygen atoms in total. The molecule has 116 valence electrons. The number of carbonyl (C=O) groups excluding carboxylic acids is 2. The fraction of sp³-hybridized carbons (Fsp3) is 0.500. The zero-order valence-electron chi connectivity index (χ0n) is 13.1. The lowest BCUT2D eigenvalue weighted by molar-refractivity contribution is -0.136. The molecule has 0 aliphatic heterocycles. The van der Waals surface area contributed by atoms with Crippen LogP contribution in [-0.2, 0) is 9.59 Å². The van der Waals surface area contributed by atoms with E-state index in [1.807, 2.05) is 13.8 Å². The normalized spacial score (nSPS) is 10.6. The van der Waals surface area contributed by atoms with Gasteiger partial charge in [0.25, 0.3) is 0 Å². The van der Waals surface area contributed by atoms with Gasteiger partial charge in [0.05, 0.1) is 6.61 Å². The minimum Gasteiger partial charge on any atom is -0.493 e. The fourth-order valence-electron chi connectivity index (χ4n) is 1.46. The molecule has 0 bridgehead atoms. The zero-order chi connectivity index (χ0) is 15.8. The highest BCUT2D eigenvalue weighted by atomic mass is 16.5. The predicted molar refractivity (Wildman–Crippen MR) is 83.3 cm³/mol. The third-order valence-electron chi connectivity index (χ3n) is 2.57. The minimum absolute atomic E-state index is 0.305. The number of rotatable bonds is 6. The molecule has 0 saturated carbocycles. The van der Waals surface area contributed by atoms with Crippen LogP contribution in [0.2, 0.25) is 0 Å². The number of hydrogen-bond acceptors (Lipinski definition) is 3. The van der Waals surface area contributed by atoms with E-state index in [1.54, 1.807) is 24.3 Å². The molecule has 1 aromatic rings. The Labute approximate surface area is 126 Å². The Hall–Kier alpha value is -2.04. The molecule has 0 spiro atoms. The van der Waals surface area contributed by atoms with Gasteiger partial charge in [0.15, 0.2) is 0 Å². The summed E-state index contributed by atoms with van der Waals surface area (Å²) < 4.78 is 5.55. The first kappa shape index (κ1) is 17.0. The number of hydrogen-bond donors (Lipinski definition) is 2. The summed E-state index contributed by atoms with van der Waals surface area (Å²) in [6, 6.07) is 6.96. The SMILES string of the molecule is CC(C)CNC(=O)C(=O)Nc1ccc(OCC(C)C)cc1. The van der Waals surface area contributed by atoms with E-state index in [0.717, 1.165) is 5.75 Å². The molecule has 0 unspecified atom stereocenters. The van der Waals surface area contributed by atoms with E-state index >= 15 is 0 Å². The molecule has 0 aliphatic rings. The van der Waals surface area contributed by atoms with E-state index in [2.05, 4.69) is 24.5 Å². The van der Waals surface area contributed by atoms with Crippen molar-refractivity contribution in [3.05, 3.63) is 24.3 Å². The Kier molecular flexibility index (Phi) is 6.72. The molecule has 0 aliphatic carbocycles. The molecule has 2 amide bonds. The van der Waals surface area contributed by atoms with Crippen LogP contribution in [0.25, 0.3) is 0 Å². The van der Waals surface area contributed by atoms with Crippen LogP contribution in [0, 0.1) is 11.8 Å². The van der Waals surface area contributed by atoms with E-state index < -0.39 is 11.8 Å². The topological polar surface area (TPSA) is 67.4 Å². The zero-order valence-corrected chi connectivity index (χ0v) is 13.1. The van der Waals surface area contributed by atoms with Crippen LogP contribution in [0.5, 0.6) is 5.75 Å². The van der Waals surface area contributed by atoms with Crippen LogP contribution >= 0.6 is 0 Å². The second-order valence-corrected chi connectivity index (χ2v) is 5.79. The minimum atomic E-state index is -0.661. The molecule has 0 atom stereocenters. The highest BCUT2D eigenvalue weighted by Crippen LogP contribution is 2.16. The van der Waals surface area contributed by atoms with E-state index in [0.29, 0.717) is 30.7 Å². The molecule has 1 aromatic carbocycles. The van der Waals surface area contributed by atoms with Gasteiger partial charge in [0, 0.05) is 12.2 Å². The molecule has 0 saturated heterocycles. The average Bonchev–Trinajstić information content (AvgIpc) is 2.43. The molecular weight excluding hydrogens is 268 g/mol. The quantitative estimate of drug-likeness (QED) is 0.791. The Morgan fingerprint density at radius 3 is 2.14 bits per heavy atom. The summed E-state index contributed by atoms with van der Waals surface area (Å²) in [4.78, 5) is 23.2. The predicted octanol–water partition coefficient (Wildman–Crippen LogP) is 2.43. The maximum atomic E-state index is 11.7. The standard InChI is InChI=1S/C16H24N2O3/c1-11(2)9-17-15(19)16(20)18-13-5-7-14(8-6-13)21-10-12(3)4/h5-8,11-12H,9-10H2,1-4H3,(H,17,19)(H,18,20). The maximum absolute atomic E-state index is 11.7. The highest BCUT2D eigenvalue weighted by molar-refractivity contribution is 6.39. The number of amides is 2. The van der Waals surface area contributed by atoms with Gasteiger partial charge in [-0.25, -0.2) is 0 Å². The average molecular weight is 292 g/mol. The van der Waals surface area contributed by atoms with E-state index in [4.69, 9.17) is 4.74 Å². The van der Waals surface area contributed by atoms with Gasteiger partial charge in [-0.3, -0.25) is 9.59 Å². The lowest BCUT2D eigenvalue weighted by Crippen LogP contribution is -2.37. The van der Waals surface area contributed by atoms with E-state index in [1.165, 1.54) is 0 Å². The molecule has 5 heteroatoms. The summed E-state index contributed by atoms with van der Waals surface area (Å²) in [6.07, 6.45) is 0. The van der Waals surface area contributed by atoms with Gasteiger partial charge in [-0.05, 0) is 36.1 Å². The molecule has 21 heavy (non-hydrogen) atoms. The van der Waals surface area contributed by atoms with Gasteiger partial charge in [-0.1, -0.05) is 27.7 Å². The lowest BCUT2D eigenvalue weighted by Gasteiger charge is -2.10. The smallest absolute Gasteiger partial charge is 0.313 e. The molecule has 1 rings (SSSR count). The number of ether oxygens (including phenoxy) is 1. The number of nitrogens with one attached hydrogen (secondary N) is 2. The molecular formula is C16H24N2O3. The van der Waals surface area contributed by atoms with Crippen molar-refractivity contribution in [2.45, 2.75) is 27.7 Å². The monoisotopic (exact) mass is 292 g/mol. The second-order valence-electron chi connectivity index (χ2n) is 5.79. The van der Waals surface area contributed by atoms with Crippen molar-refractivity contribution in [2.24, 2.45) is 11.8 Å². The number of benzene rings is 1. The van der Waals surface area contributed by atoms with Crippen LogP contribution in [0.4, 0.5) is 5.69 Å². The van der Waals surface area contributed by atoms with E-state index in [-0.39, 0.29) is 0 Å². The molecule has 0 heterocycles. The summed E-state index contributed by atoms with van der Waals surface area (Å²) in [5.74, 6) is 0.217. The number of carbonyl (C=O) groups is 2. The van der Waals surface area contributed by atoms with Gasteiger partial charge < -0.3 is 15.4 Å². The first-order valence-electron chi connectivity index (χ1n) is 7.20. The van der Waals surface area contributed by atoms with Gasteiger partial charge in [-0.2, -0.15) is 0 Å². The Morgan fingerprint density at radius 2 is 1.62 bits per heavy atom. The highest BCUT2D eigenvalue weighted by Gasteiger charge is 2.13. The van der Waals surface area contributed by atoms with E-state index in [9.17, 15) is 9.59 Å². The molecule has 2 N–H and O–H groups in total. The van der Waals surface area contributed by atoms with Crippen molar-refractivity contribution in [3.8, 4) is 5.75 Å². The fourth-order valence-corrected chi connectivity index (χ4v) is 1.46. The van der Waals surface area contributed by atoms with Crippen LogP contribution in [0.1, 0.15) is 27.7 Å². The third kappa shape index (κ3) is 6.79. The van der Waals surface area contributed by atoms with Crippen LogP contribution in [-0.4, -0.2) is 25.0 Å². The maximum Gasteiger partial charge on any atom is 0.313 e. The second kappa shape index (κ2) is 8.29. The molecule has 0 aromatic heterocycles. The van der Waals surface area contributed by atoms with Gasteiger partial charge in [0.1, 0.15) is 5.75 Å². The summed E-state index contributed by atoms with van der Waals surface area (Å²) in [5, 5.41) is 5.12. The van der Waals surface area contributed by atoms with Gasteiger partial charge >= 0.3 is 11.8 Å². The summed E-state index contributed by atoms with van der Waals surface area (Å²) in [6.45, 7) is 9.20. The first-order chi connectivity index (χ1) is 9.88. The molecule has 0 radical (unpaired) electrons. The largest absolute Gasteiger partial charge is 0.493 e. The summed E-state index contributed by atoms with van der Waals surface area (Å²) in [5.41, 5.74) is 0.566. The van der Waals surface area contributed by atoms with Crippen molar-refractivity contribution >= 4 is 17.5 Å². The summed E-state index contributed by atoms with van der Waals surface area (Å²) >= 11 is 0. The van der Waals surface area contributed by atoms with Crippen molar-refractivity contribution in [1.29, 1.82) is 0 Å². The first-order valence-corrected chi connectivity index (χ1v) is 7.20. The van der Waals surface area contributed by atoms with Gasteiger partial charge in [0.2, 0.25) is 0 Å². The van der Waals surface area contributed by atoms with Crippen molar-refractivity contribution < 1.29 is 14.3 Å².